The molecule has 2 nitrogen and oxygen atoms in total. The van der Waals surface area contributed by atoms with E-state index >= 15 is 0 Å². The molecule has 0 spiro atoms. The van der Waals surface area contributed by atoms with E-state index in [9.17, 15) is 0 Å². The van der Waals surface area contributed by atoms with Gasteiger partial charge in [0, 0.05) is 20.8 Å². The third kappa shape index (κ3) is 4.00. The Hall–Kier alpha value is -0.970. The lowest BCUT2D eigenvalue weighted by Gasteiger charge is -2.08. The van der Waals surface area contributed by atoms with E-state index in [0.717, 1.165) is 16.8 Å². The lowest BCUT2D eigenvalue weighted by Crippen LogP contribution is -2.05. The second kappa shape index (κ2) is 6.98. The second-order valence-corrected chi connectivity index (χ2v) is 6.07. The molecule has 2 rings (SSSR count). The Balaban J connectivity index is 2.16. The normalized spacial score (nSPS) is 10.5. The number of rotatable bonds is 5. The highest BCUT2D eigenvalue weighted by atomic mass is 79.9. The third-order valence-corrected chi connectivity index (χ3v) is 4.39. The fourth-order valence-corrected chi connectivity index (χ4v) is 3.30. The van der Waals surface area contributed by atoms with Gasteiger partial charge in [-0.1, -0.05) is 39.8 Å². The molecule has 0 aliphatic carbocycles. The lowest BCUT2D eigenvalue weighted by molar-refractivity contribution is 0.413. The van der Waals surface area contributed by atoms with Gasteiger partial charge >= 0.3 is 0 Å². The third-order valence-electron chi connectivity index (χ3n) is 2.67. The molecule has 2 aromatic carbocycles. The summed E-state index contributed by atoms with van der Waals surface area (Å²) in [6.07, 6.45) is 0. The van der Waals surface area contributed by atoms with E-state index in [0.29, 0.717) is 0 Å². The van der Waals surface area contributed by atoms with Crippen LogP contribution in [0.4, 0.5) is 0 Å². The van der Waals surface area contributed by atoms with Crippen molar-refractivity contribution in [2.75, 3.05) is 14.2 Å². The first-order valence-electron chi connectivity index (χ1n) is 5.98. The van der Waals surface area contributed by atoms with Gasteiger partial charge in [0.15, 0.2) is 0 Å². The standard InChI is InChI=1S/C15H16BrNOS/c1-17-10-11-6-7-14(9-15(11)16)19-13-5-3-4-12(8-13)18-2/h3-9,17H,10H2,1-2H3. The molecular formula is C15H16BrNOS. The number of ether oxygens (including phenoxy) is 1. The van der Waals surface area contributed by atoms with Gasteiger partial charge in [0.25, 0.3) is 0 Å². The van der Waals surface area contributed by atoms with Gasteiger partial charge in [0.1, 0.15) is 5.75 Å². The molecule has 0 saturated carbocycles. The molecule has 0 aliphatic rings. The van der Waals surface area contributed by atoms with Gasteiger partial charge in [0.05, 0.1) is 7.11 Å². The maximum absolute atomic E-state index is 5.24. The summed E-state index contributed by atoms with van der Waals surface area (Å²) in [5, 5.41) is 3.16. The average Bonchev–Trinajstić information content (AvgIpc) is 2.42. The van der Waals surface area contributed by atoms with Gasteiger partial charge in [-0.15, -0.1) is 0 Å². The molecule has 0 unspecified atom stereocenters. The predicted molar refractivity (Wildman–Crippen MR) is 84.0 cm³/mol. The van der Waals surface area contributed by atoms with Crippen LogP contribution in [0.15, 0.2) is 56.7 Å². The highest BCUT2D eigenvalue weighted by molar-refractivity contribution is 9.10. The number of hydrogen-bond donors (Lipinski definition) is 1. The van der Waals surface area contributed by atoms with Crippen LogP contribution in [0.1, 0.15) is 5.56 Å². The van der Waals surface area contributed by atoms with Gasteiger partial charge in [-0.3, -0.25) is 0 Å². The molecule has 1 N–H and O–H groups in total. The van der Waals surface area contributed by atoms with Crippen LogP contribution >= 0.6 is 27.7 Å². The first-order valence-corrected chi connectivity index (χ1v) is 7.59. The van der Waals surface area contributed by atoms with Crippen molar-refractivity contribution >= 4 is 27.7 Å². The van der Waals surface area contributed by atoms with Crippen LogP contribution in [0.2, 0.25) is 0 Å². The van der Waals surface area contributed by atoms with Crippen LogP contribution in [0.25, 0.3) is 0 Å². The summed E-state index contributed by atoms with van der Waals surface area (Å²) in [4.78, 5) is 2.38. The molecule has 0 radical (unpaired) electrons. The summed E-state index contributed by atoms with van der Waals surface area (Å²) < 4.78 is 6.37. The molecule has 0 saturated heterocycles. The maximum Gasteiger partial charge on any atom is 0.119 e. The summed E-state index contributed by atoms with van der Waals surface area (Å²) in [6, 6.07) is 14.5. The van der Waals surface area contributed by atoms with Crippen LogP contribution in [-0.2, 0) is 6.54 Å². The van der Waals surface area contributed by atoms with Crippen LogP contribution in [-0.4, -0.2) is 14.2 Å². The number of halogens is 1. The minimum Gasteiger partial charge on any atom is -0.497 e. The lowest BCUT2D eigenvalue weighted by atomic mass is 10.2. The van der Waals surface area contributed by atoms with E-state index in [-0.39, 0.29) is 0 Å². The van der Waals surface area contributed by atoms with Crippen molar-refractivity contribution in [3.8, 4) is 5.75 Å². The molecule has 100 valence electrons. The van der Waals surface area contributed by atoms with Crippen molar-refractivity contribution in [3.05, 3.63) is 52.5 Å². The number of methoxy groups -OCH3 is 1. The van der Waals surface area contributed by atoms with Crippen molar-refractivity contribution in [1.82, 2.24) is 5.32 Å². The zero-order valence-electron chi connectivity index (χ0n) is 10.9. The monoisotopic (exact) mass is 337 g/mol. The first kappa shape index (κ1) is 14.4. The van der Waals surface area contributed by atoms with E-state index in [1.807, 2.05) is 25.2 Å². The molecule has 0 heterocycles. The average molecular weight is 338 g/mol. The Morgan fingerprint density at radius 2 is 1.95 bits per heavy atom. The summed E-state index contributed by atoms with van der Waals surface area (Å²) >= 11 is 5.34. The Morgan fingerprint density at radius 3 is 2.63 bits per heavy atom. The van der Waals surface area contributed by atoms with E-state index in [1.165, 1.54) is 15.4 Å². The number of nitrogens with one attached hydrogen (secondary N) is 1. The molecule has 19 heavy (non-hydrogen) atoms. The van der Waals surface area contributed by atoms with Crippen LogP contribution in [0.3, 0.4) is 0 Å². The van der Waals surface area contributed by atoms with Gasteiger partial charge in [-0.05, 0) is 42.9 Å². The summed E-state index contributed by atoms with van der Waals surface area (Å²) in [5.41, 5.74) is 1.26. The van der Waals surface area contributed by atoms with Crippen LogP contribution in [0, 0.1) is 0 Å². The largest absolute Gasteiger partial charge is 0.497 e. The van der Waals surface area contributed by atoms with E-state index in [2.05, 4.69) is 45.5 Å². The molecule has 4 heteroatoms. The Labute approximate surface area is 126 Å². The highest BCUT2D eigenvalue weighted by Crippen LogP contribution is 2.32. The fraction of sp³-hybridized carbons (Fsp3) is 0.200. The van der Waals surface area contributed by atoms with E-state index in [1.54, 1.807) is 18.9 Å². The fourth-order valence-electron chi connectivity index (χ4n) is 1.73. The minimum absolute atomic E-state index is 0.866. The second-order valence-electron chi connectivity index (χ2n) is 4.06. The van der Waals surface area contributed by atoms with Crippen molar-refractivity contribution in [3.63, 3.8) is 0 Å². The summed E-state index contributed by atoms with van der Waals surface area (Å²) in [5.74, 6) is 0.885. The topological polar surface area (TPSA) is 21.3 Å². The van der Waals surface area contributed by atoms with Crippen LogP contribution < -0.4 is 10.1 Å². The molecule has 0 bridgehead atoms. The highest BCUT2D eigenvalue weighted by Gasteiger charge is 2.03. The number of benzene rings is 2. The first-order chi connectivity index (χ1) is 9.22. The quantitative estimate of drug-likeness (QED) is 0.877. The van der Waals surface area contributed by atoms with Gasteiger partial charge < -0.3 is 10.1 Å². The van der Waals surface area contributed by atoms with E-state index < -0.39 is 0 Å². The Bertz CT molecular complexity index is 560. The molecule has 0 fully saturated rings. The Kier molecular flexibility index (Phi) is 5.31. The smallest absolute Gasteiger partial charge is 0.119 e. The van der Waals surface area contributed by atoms with Gasteiger partial charge in [-0.25, -0.2) is 0 Å². The van der Waals surface area contributed by atoms with Crippen molar-refractivity contribution in [1.29, 1.82) is 0 Å². The molecule has 2 aromatic rings. The zero-order chi connectivity index (χ0) is 13.7. The Morgan fingerprint density at radius 1 is 1.16 bits per heavy atom. The predicted octanol–water partition coefficient (Wildman–Crippen LogP) is 4.33. The minimum atomic E-state index is 0.866. The maximum atomic E-state index is 5.24. The molecule has 0 aromatic heterocycles. The molecule has 0 aliphatic heterocycles. The molecule has 0 atom stereocenters. The number of hydrogen-bond acceptors (Lipinski definition) is 3. The SMILES string of the molecule is CNCc1ccc(Sc2cccc(OC)c2)cc1Br. The van der Waals surface area contributed by atoms with Gasteiger partial charge in [0.2, 0.25) is 0 Å². The zero-order valence-corrected chi connectivity index (χ0v) is 13.3. The van der Waals surface area contributed by atoms with E-state index in [4.69, 9.17) is 4.74 Å². The van der Waals surface area contributed by atoms with Crippen molar-refractivity contribution in [2.45, 2.75) is 16.3 Å². The van der Waals surface area contributed by atoms with Crippen molar-refractivity contribution in [2.24, 2.45) is 0 Å². The van der Waals surface area contributed by atoms with Crippen LogP contribution in [0.5, 0.6) is 5.75 Å². The van der Waals surface area contributed by atoms with Crippen molar-refractivity contribution < 1.29 is 4.74 Å². The van der Waals surface area contributed by atoms with Gasteiger partial charge in [-0.2, -0.15) is 0 Å². The summed E-state index contributed by atoms with van der Waals surface area (Å²) in [7, 11) is 3.64. The summed E-state index contributed by atoms with van der Waals surface area (Å²) in [6.45, 7) is 0.866. The molecule has 0 amide bonds. The molecular weight excluding hydrogens is 322 g/mol.